The quantitative estimate of drug-likeness (QED) is 0.815. The van der Waals surface area contributed by atoms with Gasteiger partial charge in [-0.05, 0) is 41.6 Å². The molecular formula is C15H19BrN2O4. The number of ketones is 1. The minimum Gasteiger partial charge on any atom is -0.489 e. The Hall–Kier alpha value is -1.63. The van der Waals surface area contributed by atoms with E-state index in [0.717, 1.165) is 30.2 Å². The van der Waals surface area contributed by atoms with E-state index in [-0.39, 0.29) is 17.7 Å². The van der Waals surface area contributed by atoms with E-state index in [9.17, 15) is 14.4 Å². The molecule has 1 aromatic rings. The lowest BCUT2D eigenvalue weighted by molar-refractivity contribution is -0.137. The summed E-state index contributed by atoms with van der Waals surface area (Å²) in [5.74, 6) is -0.458. The van der Waals surface area contributed by atoms with E-state index >= 15 is 0 Å². The van der Waals surface area contributed by atoms with Crippen molar-refractivity contribution in [3.8, 4) is 5.75 Å². The largest absolute Gasteiger partial charge is 0.489 e. The van der Waals surface area contributed by atoms with E-state index < -0.39 is 11.7 Å². The fraction of sp³-hybridized carbons (Fsp3) is 0.533. The normalized spacial score (nSPS) is 21.2. The minimum absolute atomic E-state index is 0.00823. The number of nitrogens with zero attached hydrogens (tertiary/aromatic N) is 1. The maximum absolute atomic E-state index is 11.7. The van der Waals surface area contributed by atoms with Crippen molar-refractivity contribution < 1.29 is 14.3 Å². The number of hydrogen-bond donors (Lipinski definition) is 1. The highest BCUT2D eigenvalue weighted by molar-refractivity contribution is 9.10. The van der Waals surface area contributed by atoms with Gasteiger partial charge >= 0.3 is 0 Å². The molecule has 1 saturated carbocycles. The van der Waals surface area contributed by atoms with E-state index in [0.29, 0.717) is 5.75 Å². The van der Waals surface area contributed by atoms with Gasteiger partial charge in [-0.2, -0.15) is 0 Å². The second kappa shape index (κ2) is 7.09. The molecule has 1 aliphatic carbocycles. The molecule has 0 bridgehead atoms. The highest BCUT2D eigenvalue weighted by atomic mass is 79.9. The smallest absolute Gasteiger partial charge is 0.287 e. The first-order chi connectivity index (χ1) is 10.4. The van der Waals surface area contributed by atoms with Gasteiger partial charge in [-0.15, -0.1) is 0 Å². The third-order valence-corrected chi connectivity index (χ3v) is 4.36. The summed E-state index contributed by atoms with van der Waals surface area (Å²) in [5.41, 5.74) is -0.124. The summed E-state index contributed by atoms with van der Waals surface area (Å²) >= 11 is 3.39. The Labute approximate surface area is 137 Å². The summed E-state index contributed by atoms with van der Waals surface area (Å²) in [6.07, 6.45) is 4.73. The van der Waals surface area contributed by atoms with Gasteiger partial charge in [0.25, 0.3) is 11.5 Å². The summed E-state index contributed by atoms with van der Waals surface area (Å²) in [7, 11) is 1.68. The third kappa shape index (κ3) is 4.19. The van der Waals surface area contributed by atoms with Crippen LogP contribution in [0, 0.1) is 0 Å². The van der Waals surface area contributed by atoms with Crippen LogP contribution in [0.25, 0.3) is 0 Å². The molecule has 0 aliphatic heterocycles. The van der Waals surface area contributed by atoms with Crippen molar-refractivity contribution in [3.63, 3.8) is 0 Å². The minimum atomic E-state index is -0.529. The van der Waals surface area contributed by atoms with Crippen LogP contribution >= 0.6 is 15.9 Å². The lowest BCUT2D eigenvalue weighted by Crippen LogP contribution is -2.42. The van der Waals surface area contributed by atoms with Crippen LogP contribution in [0.4, 0.5) is 0 Å². The Morgan fingerprint density at radius 1 is 1.32 bits per heavy atom. The standard InChI is InChI=1S/C15H19BrN2O4/c1-9(19)15(21)17-10-3-5-11(6-4-10)22-13-7-14(20)18(2)8-12(13)16/h7-8,10-11H,3-6H2,1-2H3,(H,17,21)/t10-,11-. The van der Waals surface area contributed by atoms with E-state index in [2.05, 4.69) is 21.2 Å². The Morgan fingerprint density at radius 3 is 2.55 bits per heavy atom. The van der Waals surface area contributed by atoms with Crippen molar-refractivity contribution in [2.75, 3.05) is 0 Å². The van der Waals surface area contributed by atoms with Crippen LogP contribution in [-0.2, 0) is 16.6 Å². The number of aromatic nitrogens is 1. The molecule has 2 rings (SSSR count). The number of halogens is 1. The molecule has 120 valence electrons. The molecule has 1 aromatic heterocycles. The second-order valence-electron chi connectivity index (χ2n) is 5.56. The molecule has 6 nitrogen and oxygen atoms in total. The predicted octanol–water partition coefficient (Wildman–Crippen LogP) is 1.54. The first kappa shape index (κ1) is 16.7. The van der Waals surface area contributed by atoms with Gasteiger partial charge in [0.05, 0.1) is 10.6 Å². The number of carbonyl (C=O) groups excluding carboxylic acids is 2. The molecule has 0 atom stereocenters. The van der Waals surface area contributed by atoms with Crippen molar-refractivity contribution in [2.24, 2.45) is 7.05 Å². The van der Waals surface area contributed by atoms with E-state index in [1.807, 2.05) is 0 Å². The van der Waals surface area contributed by atoms with Gasteiger partial charge in [0.2, 0.25) is 5.78 Å². The molecule has 1 heterocycles. The topological polar surface area (TPSA) is 77.4 Å². The molecule has 1 N–H and O–H groups in total. The van der Waals surface area contributed by atoms with Crippen LogP contribution in [0.15, 0.2) is 21.5 Å². The van der Waals surface area contributed by atoms with Crippen LogP contribution in [-0.4, -0.2) is 28.4 Å². The molecular weight excluding hydrogens is 352 g/mol. The van der Waals surface area contributed by atoms with Crippen molar-refractivity contribution >= 4 is 27.6 Å². The summed E-state index contributed by atoms with van der Waals surface area (Å²) in [6.45, 7) is 1.26. The van der Waals surface area contributed by atoms with Gasteiger partial charge in [-0.3, -0.25) is 14.4 Å². The molecule has 7 heteroatoms. The van der Waals surface area contributed by atoms with Gasteiger partial charge in [-0.25, -0.2) is 0 Å². The summed E-state index contributed by atoms with van der Waals surface area (Å²) in [6, 6.07) is 1.48. The van der Waals surface area contributed by atoms with Gasteiger partial charge in [0, 0.05) is 32.3 Å². The summed E-state index contributed by atoms with van der Waals surface area (Å²) < 4.78 is 8.10. The number of hydrogen-bond acceptors (Lipinski definition) is 4. The number of pyridine rings is 1. The molecule has 0 spiro atoms. The fourth-order valence-corrected chi connectivity index (χ4v) is 2.98. The van der Waals surface area contributed by atoms with Crippen LogP contribution in [0.1, 0.15) is 32.6 Å². The van der Waals surface area contributed by atoms with Gasteiger partial charge < -0.3 is 14.6 Å². The first-order valence-corrected chi connectivity index (χ1v) is 8.00. The molecule has 1 fully saturated rings. The molecule has 0 radical (unpaired) electrons. The average Bonchev–Trinajstić information content (AvgIpc) is 2.46. The van der Waals surface area contributed by atoms with Crippen LogP contribution in [0.5, 0.6) is 5.75 Å². The molecule has 0 saturated heterocycles. The Morgan fingerprint density at radius 2 is 1.95 bits per heavy atom. The highest BCUT2D eigenvalue weighted by Gasteiger charge is 2.25. The van der Waals surface area contributed by atoms with E-state index in [1.54, 1.807) is 13.2 Å². The van der Waals surface area contributed by atoms with Gasteiger partial charge in [0.1, 0.15) is 5.75 Å². The van der Waals surface area contributed by atoms with E-state index in [1.165, 1.54) is 17.6 Å². The maximum Gasteiger partial charge on any atom is 0.287 e. The lowest BCUT2D eigenvalue weighted by atomic mass is 9.93. The van der Waals surface area contributed by atoms with Gasteiger partial charge in [-0.1, -0.05) is 0 Å². The molecule has 1 aliphatic rings. The molecule has 0 aromatic carbocycles. The highest BCUT2D eigenvalue weighted by Crippen LogP contribution is 2.28. The molecule has 22 heavy (non-hydrogen) atoms. The third-order valence-electron chi connectivity index (χ3n) is 3.77. The summed E-state index contributed by atoms with van der Waals surface area (Å²) in [4.78, 5) is 34.0. The zero-order valence-electron chi connectivity index (χ0n) is 12.6. The number of aryl methyl sites for hydroxylation is 1. The molecule has 1 amide bonds. The van der Waals surface area contributed by atoms with Gasteiger partial charge in [0.15, 0.2) is 0 Å². The SMILES string of the molecule is CC(=O)C(=O)N[C@H]1CC[C@H](Oc2cc(=O)n(C)cc2Br)CC1. The summed E-state index contributed by atoms with van der Waals surface area (Å²) in [5, 5.41) is 2.72. The zero-order chi connectivity index (χ0) is 16.3. The van der Waals surface area contributed by atoms with Crippen LogP contribution in [0.2, 0.25) is 0 Å². The average molecular weight is 371 g/mol. The lowest BCUT2D eigenvalue weighted by Gasteiger charge is -2.29. The monoisotopic (exact) mass is 370 g/mol. The Bertz CT molecular complexity index is 633. The molecule has 0 unspecified atom stereocenters. The number of rotatable bonds is 4. The number of ether oxygens (including phenoxy) is 1. The first-order valence-electron chi connectivity index (χ1n) is 7.21. The van der Waals surface area contributed by atoms with E-state index in [4.69, 9.17) is 4.74 Å². The number of nitrogens with one attached hydrogen (secondary N) is 1. The van der Waals surface area contributed by atoms with Crippen LogP contribution in [0.3, 0.4) is 0 Å². The number of carbonyl (C=O) groups is 2. The second-order valence-corrected chi connectivity index (χ2v) is 6.41. The predicted molar refractivity (Wildman–Crippen MR) is 84.9 cm³/mol. The van der Waals surface area contributed by atoms with Crippen molar-refractivity contribution in [2.45, 2.75) is 44.8 Å². The number of amides is 1. The fourth-order valence-electron chi connectivity index (χ4n) is 2.46. The maximum atomic E-state index is 11.7. The Balaban J connectivity index is 1.90. The van der Waals surface area contributed by atoms with Crippen molar-refractivity contribution in [3.05, 3.63) is 27.1 Å². The van der Waals surface area contributed by atoms with Crippen molar-refractivity contribution in [1.29, 1.82) is 0 Å². The Kier molecular flexibility index (Phi) is 5.39. The number of Topliss-reactive ketones (excluding diaryl/α,β-unsaturated/α-hetero) is 1. The van der Waals surface area contributed by atoms with Crippen LogP contribution < -0.4 is 15.6 Å². The van der Waals surface area contributed by atoms with Crippen molar-refractivity contribution in [1.82, 2.24) is 9.88 Å². The zero-order valence-corrected chi connectivity index (χ0v) is 14.2.